The van der Waals surface area contributed by atoms with E-state index in [1.165, 1.54) is 18.2 Å². The second-order valence-corrected chi connectivity index (χ2v) is 5.91. The highest BCUT2D eigenvalue weighted by Gasteiger charge is 2.19. The number of nitrogens with one attached hydrogen (secondary N) is 1. The predicted octanol–water partition coefficient (Wildman–Crippen LogP) is 2.10. The fourth-order valence-corrected chi connectivity index (χ4v) is 2.69. The molecule has 0 spiro atoms. The Balaban J connectivity index is 1.62. The molecule has 1 aromatic rings. The number of amides is 2. The molecule has 0 radical (unpaired) electrons. The van der Waals surface area contributed by atoms with Crippen LogP contribution < -0.4 is 10.1 Å². The lowest BCUT2D eigenvalue weighted by molar-refractivity contribution is -0.127. The third kappa shape index (κ3) is 4.98. The summed E-state index contributed by atoms with van der Waals surface area (Å²) in [6.07, 6.45) is 2.27. The van der Waals surface area contributed by atoms with E-state index in [9.17, 15) is 14.0 Å². The highest BCUT2D eigenvalue weighted by Crippen LogP contribution is 2.25. The van der Waals surface area contributed by atoms with Gasteiger partial charge in [0.2, 0.25) is 5.91 Å². The Morgan fingerprint density at radius 3 is 2.95 bits per heavy atom. The third-order valence-electron chi connectivity index (χ3n) is 3.35. The molecule has 5 nitrogen and oxygen atoms in total. The summed E-state index contributed by atoms with van der Waals surface area (Å²) in [5.74, 6) is -0.0147. The maximum atomic E-state index is 12.9. The summed E-state index contributed by atoms with van der Waals surface area (Å²) in [6.45, 7) is 1.85. The molecule has 0 bridgehead atoms. The van der Waals surface area contributed by atoms with E-state index < -0.39 is 0 Å². The molecule has 1 aromatic carbocycles. The minimum Gasteiger partial charge on any atom is -0.483 e. The van der Waals surface area contributed by atoms with Crippen molar-refractivity contribution in [2.24, 2.45) is 0 Å². The third-order valence-corrected chi connectivity index (χ3v) is 3.97. The Kier molecular flexibility index (Phi) is 6.18. The first-order valence-corrected chi connectivity index (χ1v) is 7.98. The zero-order chi connectivity index (χ0) is 15.9. The second kappa shape index (κ2) is 8.12. The molecular formula is C15H18BrFN2O3. The Hall–Kier alpha value is -1.63. The lowest BCUT2D eigenvalue weighted by Gasteiger charge is -2.15. The van der Waals surface area contributed by atoms with Gasteiger partial charge in [-0.15, -0.1) is 0 Å². The smallest absolute Gasteiger partial charge is 0.257 e. The van der Waals surface area contributed by atoms with Crippen molar-refractivity contribution in [2.75, 3.05) is 26.2 Å². The Labute approximate surface area is 136 Å². The van der Waals surface area contributed by atoms with E-state index in [1.54, 1.807) is 0 Å². The molecule has 0 unspecified atom stereocenters. The van der Waals surface area contributed by atoms with Gasteiger partial charge in [0.05, 0.1) is 4.47 Å². The zero-order valence-electron chi connectivity index (χ0n) is 12.1. The largest absolute Gasteiger partial charge is 0.483 e. The molecular weight excluding hydrogens is 355 g/mol. The molecule has 0 atom stereocenters. The van der Waals surface area contributed by atoms with Crippen LogP contribution in [0.2, 0.25) is 0 Å². The number of rotatable bonds is 7. The van der Waals surface area contributed by atoms with E-state index in [1.807, 2.05) is 4.90 Å². The molecule has 1 fully saturated rings. The summed E-state index contributed by atoms with van der Waals surface area (Å²) in [7, 11) is 0. The maximum Gasteiger partial charge on any atom is 0.257 e. The highest BCUT2D eigenvalue weighted by atomic mass is 79.9. The molecule has 2 amide bonds. The number of nitrogens with zero attached hydrogens (tertiary/aromatic N) is 1. The van der Waals surface area contributed by atoms with Crippen molar-refractivity contribution in [1.82, 2.24) is 10.2 Å². The van der Waals surface area contributed by atoms with Crippen LogP contribution in [0.25, 0.3) is 0 Å². The fourth-order valence-electron chi connectivity index (χ4n) is 2.22. The molecule has 1 aliphatic rings. The van der Waals surface area contributed by atoms with Crippen LogP contribution >= 0.6 is 15.9 Å². The monoisotopic (exact) mass is 372 g/mol. The van der Waals surface area contributed by atoms with E-state index in [0.717, 1.165) is 19.4 Å². The van der Waals surface area contributed by atoms with Gasteiger partial charge in [-0.25, -0.2) is 4.39 Å². The van der Waals surface area contributed by atoms with Crippen LogP contribution in [0.15, 0.2) is 22.7 Å². The number of ether oxygens (including phenoxy) is 1. The van der Waals surface area contributed by atoms with Gasteiger partial charge in [-0.05, 0) is 47.0 Å². The average Bonchev–Trinajstić information content (AvgIpc) is 2.88. The summed E-state index contributed by atoms with van der Waals surface area (Å²) in [5.41, 5.74) is 0. The van der Waals surface area contributed by atoms with Crippen molar-refractivity contribution < 1.29 is 18.7 Å². The van der Waals surface area contributed by atoms with Crippen LogP contribution in [0, 0.1) is 5.82 Å². The molecule has 1 heterocycles. The fraction of sp³-hybridized carbons (Fsp3) is 0.467. The van der Waals surface area contributed by atoms with E-state index >= 15 is 0 Å². The minimum atomic E-state index is -0.375. The zero-order valence-corrected chi connectivity index (χ0v) is 13.7. The molecule has 7 heteroatoms. The summed E-state index contributed by atoms with van der Waals surface area (Å²) < 4.78 is 18.7. The van der Waals surface area contributed by atoms with Crippen LogP contribution in [0.1, 0.15) is 19.3 Å². The SMILES string of the molecule is O=C(COc1ccc(F)cc1Br)NCCCN1CCCC1=O. The predicted molar refractivity (Wildman–Crippen MR) is 83.0 cm³/mol. The second-order valence-electron chi connectivity index (χ2n) is 5.05. The van der Waals surface area contributed by atoms with E-state index in [2.05, 4.69) is 21.2 Å². The highest BCUT2D eigenvalue weighted by molar-refractivity contribution is 9.10. The number of hydrogen-bond acceptors (Lipinski definition) is 3. The Morgan fingerprint density at radius 2 is 2.27 bits per heavy atom. The van der Waals surface area contributed by atoms with Crippen LogP contribution in [-0.2, 0) is 9.59 Å². The maximum absolute atomic E-state index is 12.9. The van der Waals surface area contributed by atoms with Gasteiger partial charge in [-0.2, -0.15) is 0 Å². The molecule has 1 N–H and O–H groups in total. The number of hydrogen-bond donors (Lipinski definition) is 1. The molecule has 22 heavy (non-hydrogen) atoms. The average molecular weight is 373 g/mol. The van der Waals surface area contributed by atoms with Crippen molar-refractivity contribution in [3.63, 3.8) is 0 Å². The molecule has 1 aliphatic heterocycles. The van der Waals surface area contributed by atoms with Gasteiger partial charge >= 0.3 is 0 Å². The molecule has 0 saturated carbocycles. The van der Waals surface area contributed by atoms with Crippen LogP contribution in [0.5, 0.6) is 5.75 Å². The van der Waals surface area contributed by atoms with Gasteiger partial charge in [-0.1, -0.05) is 0 Å². The van der Waals surface area contributed by atoms with Crippen molar-refractivity contribution in [3.05, 3.63) is 28.5 Å². The lowest BCUT2D eigenvalue weighted by atomic mass is 10.3. The van der Waals surface area contributed by atoms with Gasteiger partial charge in [0.25, 0.3) is 5.91 Å². The van der Waals surface area contributed by atoms with Crippen molar-refractivity contribution >= 4 is 27.7 Å². The van der Waals surface area contributed by atoms with Gasteiger partial charge < -0.3 is 15.0 Å². The summed E-state index contributed by atoms with van der Waals surface area (Å²) in [5, 5.41) is 2.73. The number of benzene rings is 1. The number of carbonyl (C=O) groups is 2. The first-order chi connectivity index (χ1) is 10.6. The minimum absolute atomic E-state index is 0.132. The van der Waals surface area contributed by atoms with Crippen LogP contribution in [-0.4, -0.2) is 43.0 Å². The van der Waals surface area contributed by atoms with Crippen LogP contribution in [0.3, 0.4) is 0 Å². The first kappa shape index (κ1) is 16.7. The van der Waals surface area contributed by atoms with E-state index in [0.29, 0.717) is 29.7 Å². The Morgan fingerprint density at radius 1 is 1.45 bits per heavy atom. The number of likely N-dealkylation sites (tertiary alicyclic amines) is 1. The van der Waals surface area contributed by atoms with Gasteiger partial charge in [0.15, 0.2) is 6.61 Å². The normalized spacial score (nSPS) is 14.3. The topological polar surface area (TPSA) is 58.6 Å². The van der Waals surface area contributed by atoms with Crippen molar-refractivity contribution in [2.45, 2.75) is 19.3 Å². The summed E-state index contributed by atoms with van der Waals surface area (Å²) in [6, 6.07) is 4.01. The molecule has 120 valence electrons. The van der Waals surface area contributed by atoms with Gasteiger partial charge in [0.1, 0.15) is 11.6 Å². The summed E-state index contributed by atoms with van der Waals surface area (Å²) >= 11 is 3.17. The number of halogens is 2. The molecule has 0 aromatic heterocycles. The van der Waals surface area contributed by atoms with Gasteiger partial charge in [-0.3, -0.25) is 9.59 Å². The lowest BCUT2D eigenvalue weighted by Crippen LogP contribution is -2.33. The standard InChI is InChI=1S/C15H18BrFN2O3/c16-12-9-11(17)4-5-13(12)22-10-14(20)18-6-2-8-19-7-1-3-15(19)21/h4-5,9H,1-3,6-8,10H2,(H,18,20). The van der Waals surface area contributed by atoms with Crippen molar-refractivity contribution in [1.29, 1.82) is 0 Å². The van der Waals surface area contributed by atoms with Gasteiger partial charge in [0, 0.05) is 26.1 Å². The quantitative estimate of drug-likeness (QED) is 0.745. The Bertz CT molecular complexity index is 554. The first-order valence-electron chi connectivity index (χ1n) is 7.18. The van der Waals surface area contributed by atoms with Crippen molar-refractivity contribution in [3.8, 4) is 5.75 Å². The van der Waals surface area contributed by atoms with Crippen LogP contribution in [0.4, 0.5) is 4.39 Å². The summed E-state index contributed by atoms with van der Waals surface area (Å²) in [4.78, 5) is 24.9. The van der Waals surface area contributed by atoms with E-state index in [4.69, 9.17) is 4.74 Å². The molecule has 2 rings (SSSR count). The molecule has 1 saturated heterocycles. The molecule has 0 aliphatic carbocycles. The van der Waals surface area contributed by atoms with E-state index in [-0.39, 0.29) is 24.2 Å². The number of carbonyl (C=O) groups excluding carboxylic acids is 2.